The summed E-state index contributed by atoms with van der Waals surface area (Å²) in [6, 6.07) is 2.92. The minimum Gasteiger partial charge on any atom is -0.477 e. The lowest BCUT2D eigenvalue weighted by atomic mass is 10.2. The van der Waals surface area contributed by atoms with Crippen molar-refractivity contribution in [3.63, 3.8) is 0 Å². The van der Waals surface area contributed by atoms with Crippen molar-refractivity contribution in [2.75, 3.05) is 0 Å². The van der Waals surface area contributed by atoms with Gasteiger partial charge in [0.05, 0.1) is 0 Å². The smallest absolute Gasteiger partial charge is 0.354 e. The molecule has 0 aliphatic carbocycles. The topological polar surface area (TPSA) is 67.3 Å². The monoisotopic (exact) mass is 165 g/mol. The zero-order chi connectivity index (χ0) is 9.14. The predicted molar refractivity (Wildman–Crippen MR) is 41.3 cm³/mol. The molecular weight excluding hydrogens is 158 g/mol. The quantitative estimate of drug-likeness (QED) is 0.661. The lowest BCUT2D eigenvalue weighted by Crippen LogP contribution is -2.03. The van der Waals surface area contributed by atoms with Gasteiger partial charge in [-0.3, -0.25) is 4.79 Å². The van der Waals surface area contributed by atoms with Gasteiger partial charge in [0.15, 0.2) is 6.29 Å². The molecule has 0 aliphatic heterocycles. The maximum absolute atomic E-state index is 10.4. The van der Waals surface area contributed by atoms with Crippen LogP contribution >= 0.6 is 0 Å². The Morgan fingerprint density at radius 1 is 1.58 bits per heavy atom. The van der Waals surface area contributed by atoms with Crippen molar-refractivity contribution in [2.45, 2.75) is 6.92 Å². The number of pyridine rings is 1. The van der Waals surface area contributed by atoms with Gasteiger partial charge >= 0.3 is 5.97 Å². The van der Waals surface area contributed by atoms with E-state index in [2.05, 4.69) is 4.98 Å². The zero-order valence-electron chi connectivity index (χ0n) is 6.44. The largest absolute Gasteiger partial charge is 0.477 e. The summed E-state index contributed by atoms with van der Waals surface area (Å²) < 4.78 is 0. The van der Waals surface area contributed by atoms with E-state index in [0.29, 0.717) is 11.8 Å². The zero-order valence-corrected chi connectivity index (χ0v) is 6.44. The molecule has 0 amide bonds. The summed E-state index contributed by atoms with van der Waals surface area (Å²) in [5.74, 6) is -1.13. The average molecular weight is 165 g/mol. The van der Waals surface area contributed by atoms with E-state index in [9.17, 15) is 9.59 Å². The number of carbonyl (C=O) groups excluding carboxylic acids is 1. The first-order valence-electron chi connectivity index (χ1n) is 3.31. The Morgan fingerprint density at radius 2 is 2.25 bits per heavy atom. The summed E-state index contributed by atoms with van der Waals surface area (Å²) in [7, 11) is 0. The molecular formula is C8H7NO3. The fourth-order valence-corrected chi connectivity index (χ4v) is 0.783. The van der Waals surface area contributed by atoms with E-state index in [0.717, 1.165) is 0 Å². The van der Waals surface area contributed by atoms with Crippen molar-refractivity contribution < 1.29 is 14.7 Å². The number of hydrogen-bond acceptors (Lipinski definition) is 3. The fourth-order valence-electron chi connectivity index (χ4n) is 0.783. The summed E-state index contributed by atoms with van der Waals surface area (Å²) >= 11 is 0. The summed E-state index contributed by atoms with van der Waals surface area (Å²) in [6.07, 6.45) is 0.543. The van der Waals surface area contributed by atoms with Crippen LogP contribution in [0.25, 0.3) is 0 Å². The van der Waals surface area contributed by atoms with Crippen LogP contribution in [0.3, 0.4) is 0 Å². The molecule has 0 bridgehead atoms. The Kier molecular flexibility index (Phi) is 2.19. The highest BCUT2D eigenvalue weighted by Crippen LogP contribution is 2.03. The molecule has 0 fully saturated rings. The number of rotatable bonds is 2. The van der Waals surface area contributed by atoms with Gasteiger partial charge in [-0.25, -0.2) is 9.78 Å². The molecule has 0 unspecified atom stereocenters. The van der Waals surface area contributed by atoms with Crippen LogP contribution in [0.4, 0.5) is 0 Å². The number of aromatic carboxylic acids is 1. The van der Waals surface area contributed by atoms with Gasteiger partial charge in [-0.1, -0.05) is 6.07 Å². The van der Waals surface area contributed by atoms with E-state index >= 15 is 0 Å². The molecule has 0 saturated carbocycles. The molecule has 12 heavy (non-hydrogen) atoms. The Bertz CT molecular complexity index is 333. The van der Waals surface area contributed by atoms with Crippen LogP contribution in [0.2, 0.25) is 0 Å². The molecule has 0 aliphatic rings. The standard InChI is InChI=1S/C8H7NO3/c1-5-2-3-6(8(11)12)9-7(5)4-10/h2-4H,1H3,(H,11,12). The normalized spacial score (nSPS) is 9.42. The molecule has 1 N–H and O–H groups in total. The first kappa shape index (κ1) is 8.39. The van der Waals surface area contributed by atoms with E-state index < -0.39 is 5.97 Å². The number of carbonyl (C=O) groups is 2. The maximum Gasteiger partial charge on any atom is 0.354 e. The van der Waals surface area contributed by atoms with E-state index in [1.807, 2.05) is 0 Å². The van der Waals surface area contributed by atoms with Crippen LogP contribution in [0.1, 0.15) is 26.5 Å². The molecule has 0 atom stereocenters. The van der Waals surface area contributed by atoms with E-state index in [1.165, 1.54) is 6.07 Å². The van der Waals surface area contributed by atoms with Crippen molar-refractivity contribution in [1.82, 2.24) is 4.98 Å². The van der Waals surface area contributed by atoms with Gasteiger partial charge < -0.3 is 5.11 Å². The number of nitrogens with zero attached hydrogens (tertiary/aromatic N) is 1. The number of carboxylic acid groups (broad SMARTS) is 1. The fraction of sp³-hybridized carbons (Fsp3) is 0.125. The minimum absolute atomic E-state index is 0.109. The molecule has 1 heterocycles. The number of aryl methyl sites for hydroxylation is 1. The molecule has 1 rings (SSSR count). The lowest BCUT2D eigenvalue weighted by Gasteiger charge is -1.97. The minimum atomic E-state index is -1.13. The second-order valence-corrected chi connectivity index (χ2v) is 2.32. The van der Waals surface area contributed by atoms with E-state index in [1.54, 1.807) is 13.0 Å². The third kappa shape index (κ3) is 1.47. The highest BCUT2D eigenvalue weighted by atomic mass is 16.4. The number of carboxylic acids is 1. The SMILES string of the molecule is Cc1ccc(C(=O)O)nc1C=O. The third-order valence-electron chi connectivity index (χ3n) is 1.47. The first-order valence-corrected chi connectivity index (χ1v) is 3.31. The second kappa shape index (κ2) is 3.13. The van der Waals surface area contributed by atoms with Crippen molar-refractivity contribution in [1.29, 1.82) is 0 Å². The van der Waals surface area contributed by atoms with E-state index in [-0.39, 0.29) is 11.4 Å². The van der Waals surface area contributed by atoms with Crippen molar-refractivity contribution in [3.8, 4) is 0 Å². The number of aromatic nitrogens is 1. The van der Waals surface area contributed by atoms with Crippen LogP contribution in [0.15, 0.2) is 12.1 Å². The third-order valence-corrected chi connectivity index (χ3v) is 1.47. The summed E-state index contributed by atoms with van der Waals surface area (Å²) in [4.78, 5) is 24.4. The van der Waals surface area contributed by atoms with Crippen molar-refractivity contribution in [2.24, 2.45) is 0 Å². The average Bonchev–Trinajstić information content (AvgIpc) is 2.05. The van der Waals surface area contributed by atoms with Gasteiger partial charge in [-0.05, 0) is 18.6 Å². The van der Waals surface area contributed by atoms with Crippen molar-refractivity contribution in [3.05, 3.63) is 29.1 Å². The van der Waals surface area contributed by atoms with Gasteiger partial charge in [-0.15, -0.1) is 0 Å². The molecule has 4 heteroatoms. The molecule has 4 nitrogen and oxygen atoms in total. The molecule has 1 aromatic heterocycles. The lowest BCUT2D eigenvalue weighted by molar-refractivity contribution is 0.0690. The maximum atomic E-state index is 10.4. The van der Waals surface area contributed by atoms with Crippen molar-refractivity contribution >= 4 is 12.3 Å². The number of hydrogen-bond donors (Lipinski definition) is 1. The van der Waals surface area contributed by atoms with Gasteiger partial charge in [0.25, 0.3) is 0 Å². The molecule has 0 spiro atoms. The summed E-state index contributed by atoms with van der Waals surface area (Å²) in [6.45, 7) is 1.70. The Labute approximate surface area is 68.9 Å². The predicted octanol–water partition coefficient (Wildman–Crippen LogP) is 0.901. The Hall–Kier alpha value is -1.71. The molecule has 0 radical (unpaired) electrons. The number of aldehydes is 1. The van der Waals surface area contributed by atoms with E-state index in [4.69, 9.17) is 5.11 Å². The van der Waals surface area contributed by atoms with Crippen LogP contribution in [-0.4, -0.2) is 22.3 Å². The second-order valence-electron chi connectivity index (χ2n) is 2.32. The summed E-state index contributed by atoms with van der Waals surface area (Å²) in [5, 5.41) is 8.52. The molecule has 0 aromatic carbocycles. The van der Waals surface area contributed by atoms with Crippen LogP contribution in [0.5, 0.6) is 0 Å². The highest BCUT2D eigenvalue weighted by Gasteiger charge is 2.06. The van der Waals surface area contributed by atoms with Gasteiger partial charge in [0.1, 0.15) is 11.4 Å². The van der Waals surface area contributed by atoms with Crippen LogP contribution in [-0.2, 0) is 0 Å². The van der Waals surface area contributed by atoms with Gasteiger partial charge in [0.2, 0.25) is 0 Å². The van der Waals surface area contributed by atoms with Gasteiger partial charge in [0, 0.05) is 0 Å². The molecule has 0 saturated heterocycles. The molecule has 62 valence electrons. The Morgan fingerprint density at radius 3 is 2.75 bits per heavy atom. The van der Waals surface area contributed by atoms with Crippen LogP contribution < -0.4 is 0 Å². The Balaban J connectivity index is 3.22. The molecule has 1 aromatic rings. The first-order chi connectivity index (χ1) is 5.65. The summed E-state index contributed by atoms with van der Waals surface area (Å²) in [5.41, 5.74) is 0.743. The van der Waals surface area contributed by atoms with Crippen LogP contribution in [0, 0.1) is 6.92 Å². The van der Waals surface area contributed by atoms with Gasteiger partial charge in [-0.2, -0.15) is 0 Å². The highest BCUT2D eigenvalue weighted by molar-refractivity contribution is 5.87.